The van der Waals surface area contributed by atoms with E-state index >= 15 is 0 Å². The van der Waals surface area contributed by atoms with E-state index in [2.05, 4.69) is 44.5 Å². The van der Waals surface area contributed by atoms with Crippen molar-refractivity contribution in [2.45, 2.75) is 58.5 Å². The van der Waals surface area contributed by atoms with Crippen molar-refractivity contribution in [3.05, 3.63) is 52.8 Å². The average molecular weight is 620 g/mol. The molecule has 1 aliphatic heterocycles. The molecule has 9 nitrogen and oxygen atoms in total. The molecule has 4 aromatic rings. The highest BCUT2D eigenvalue weighted by molar-refractivity contribution is 6.76. The summed E-state index contributed by atoms with van der Waals surface area (Å²) in [6.45, 7) is 12.0. The first kappa shape index (κ1) is 30.0. The number of benzene rings is 1. The molecule has 1 aliphatic rings. The molecule has 0 spiro atoms. The molecular weight excluding hydrogens is 587 g/mol. The van der Waals surface area contributed by atoms with Crippen molar-refractivity contribution in [1.82, 2.24) is 24.5 Å². The Bertz CT molecular complexity index is 1620. The Morgan fingerprint density at radius 2 is 1.98 bits per heavy atom. The second-order valence-electron chi connectivity index (χ2n) is 11.6. The molecule has 3 aromatic heterocycles. The van der Waals surface area contributed by atoms with Gasteiger partial charge in [-0.15, -0.1) is 0 Å². The van der Waals surface area contributed by atoms with Gasteiger partial charge in [0, 0.05) is 20.2 Å². The maximum absolute atomic E-state index is 14.2. The maximum Gasteiger partial charge on any atom is 0.418 e. The first-order chi connectivity index (χ1) is 19.8. The van der Waals surface area contributed by atoms with E-state index in [-0.39, 0.29) is 46.1 Å². The summed E-state index contributed by atoms with van der Waals surface area (Å²) in [6, 6.07) is 3.53. The molecule has 0 bridgehead atoms. The van der Waals surface area contributed by atoms with Crippen LogP contribution in [0.15, 0.2) is 31.0 Å². The van der Waals surface area contributed by atoms with Crippen LogP contribution < -0.4 is 15.4 Å². The molecule has 5 rings (SSSR count). The number of aromatic nitrogens is 5. The molecule has 1 atom stereocenters. The van der Waals surface area contributed by atoms with Gasteiger partial charge in [0.25, 0.3) is 0 Å². The van der Waals surface area contributed by atoms with Crippen molar-refractivity contribution >= 4 is 42.2 Å². The summed E-state index contributed by atoms with van der Waals surface area (Å²) < 4.78 is 56.5. The lowest BCUT2D eigenvalue weighted by molar-refractivity contribution is -0.137. The van der Waals surface area contributed by atoms with Crippen LogP contribution in [0.3, 0.4) is 0 Å². The molecule has 0 amide bonds. The van der Waals surface area contributed by atoms with Crippen molar-refractivity contribution in [1.29, 1.82) is 0 Å². The minimum absolute atomic E-state index is 0.0168. The number of rotatable bonds is 8. The lowest BCUT2D eigenvalue weighted by atomic mass is 9.99. The number of nitrogen functional groups attached to an aromatic ring is 1. The quantitative estimate of drug-likeness (QED) is 0.171. The van der Waals surface area contributed by atoms with Crippen LogP contribution >= 0.6 is 11.6 Å². The molecule has 0 radical (unpaired) electrons. The van der Waals surface area contributed by atoms with Crippen molar-refractivity contribution in [2.24, 2.45) is 0 Å². The summed E-state index contributed by atoms with van der Waals surface area (Å²) in [5.74, 6) is 0.698. The fourth-order valence-corrected chi connectivity index (χ4v) is 6.19. The smallest absolute Gasteiger partial charge is 0.418 e. The van der Waals surface area contributed by atoms with Gasteiger partial charge in [0.1, 0.15) is 31.3 Å². The molecule has 0 saturated heterocycles. The standard InChI is InChI=1S/C28H33ClF3N7O2Si/c1-16-10-21(33)37-25(23(16)28(30,31)32)18-11-19-22-26(24(18)29)41-7-6-39(27(22)36-13-35-19)17(2)20-12-34-14-38(20)15-40-8-9-42(3,4)5/h10-14,17H,6-9,15H2,1-5H3,(H2,33,37). The number of ether oxygens (including phenoxy) is 2. The van der Waals surface area contributed by atoms with E-state index in [0.29, 0.717) is 36.6 Å². The topological polar surface area (TPSA) is 104 Å². The monoisotopic (exact) mass is 619 g/mol. The number of alkyl halides is 3. The molecule has 4 heterocycles. The Morgan fingerprint density at radius 3 is 2.69 bits per heavy atom. The lowest BCUT2D eigenvalue weighted by Gasteiger charge is -2.30. The van der Waals surface area contributed by atoms with E-state index in [9.17, 15) is 13.2 Å². The summed E-state index contributed by atoms with van der Waals surface area (Å²) in [5.41, 5.74) is 5.83. The zero-order valence-corrected chi connectivity index (χ0v) is 25.8. The van der Waals surface area contributed by atoms with Crippen molar-refractivity contribution in [3.8, 4) is 17.0 Å². The average Bonchev–Trinajstić information content (AvgIpc) is 3.27. The third-order valence-electron chi connectivity index (χ3n) is 7.29. The number of anilines is 2. The third kappa shape index (κ3) is 5.90. The summed E-state index contributed by atoms with van der Waals surface area (Å²) in [7, 11) is -1.22. The molecule has 0 fully saturated rings. The second kappa shape index (κ2) is 11.3. The normalized spacial score (nSPS) is 14.6. The van der Waals surface area contributed by atoms with Crippen LogP contribution in [0.5, 0.6) is 5.75 Å². The number of aryl methyl sites for hydroxylation is 1. The van der Waals surface area contributed by atoms with Gasteiger partial charge in [0.05, 0.1) is 58.0 Å². The van der Waals surface area contributed by atoms with E-state index in [1.165, 1.54) is 25.4 Å². The second-order valence-corrected chi connectivity index (χ2v) is 17.6. The number of nitrogens with two attached hydrogens (primary N) is 1. The highest BCUT2D eigenvalue weighted by atomic mass is 35.5. The van der Waals surface area contributed by atoms with Crippen LogP contribution in [0.4, 0.5) is 24.8 Å². The van der Waals surface area contributed by atoms with E-state index < -0.39 is 19.8 Å². The summed E-state index contributed by atoms with van der Waals surface area (Å²) >= 11 is 6.81. The van der Waals surface area contributed by atoms with Crippen molar-refractivity contribution < 1.29 is 22.6 Å². The number of imidazole rings is 1. The van der Waals surface area contributed by atoms with E-state index in [4.69, 9.17) is 26.8 Å². The Morgan fingerprint density at radius 1 is 1.21 bits per heavy atom. The molecule has 1 unspecified atom stereocenters. The number of nitrogens with zero attached hydrogens (tertiary/aromatic N) is 6. The SMILES string of the molecule is Cc1cc(N)nc(-c2cc3ncnc4c3c(c2Cl)OCCN4C(C)c2cncn2COCC[Si](C)(C)C)c1C(F)(F)F. The molecule has 224 valence electrons. The number of halogens is 4. The van der Waals surface area contributed by atoms with E-state index in [1.54, 1.807) is 12.5 Å². The van der Waals surface area contributed by atoms with E-state index in [0.717, 1.165) is 11.7 Å². The molecule has 1 aromatic carbocycles. The predicted molar refractivity (Wildman–Crippen MR) is 160 cm³/mol. The Balaban J connectivity index is 1.56. The molecule has 0 aliphatic carbocycles. The first-order valence-electron chi connectivity index (χ1n) is 13.6. The van der Waals surface area contributed by atoms with Crippen LogP contribution in [0.2, 0.25) is 30.7 Å². The van der Waals surface area contributed by atoms with Crippen LogP contribution in [-0.2, 0) is 17.6 Å². The van der Waals surface area contributed by atoms with Gasteiger partial charge in [-0.25, -0.2) is 19.9 Å². The van der Waals surface area contributed by atoms with Crippen LogP contribution in [0, 0.1) is 6.92 Å². The fourth-order valence-electron chi connectivity index (χ4n) is 5.14. The Hall–Kier alpha value is -3.42. The Kier molecular flexibility index (Phi) is 8.11. The van der Waals surface area contributed by atoms with Gasteiger partial charge in [-0.1, -0.05) is 31.2 Å². The van der Waals surface area contributed by atoms with Gasteiger partial charge in [-0.3, -0.25) is 0 Å². The minimum atomic E-state index is -4.68. The summed E-state index contributed by atoms with van der Waals surface area (Å²) in [4.78, 5) is 19.4. The molecule has 0 saturated carbocycles. The van der Waals surface area contributed by atoms with Crippen molar-refractivity contribution in [3.63, 3.8) is 0 Å². The number of hydrogen-bond acceptors (Lipinski definition) is 8. The summed E-state index contributed by atoms with van der Waals surface area (Å²) in [6.07, 6.45) is 0.224. The largest absolute Gasteiger partial charge is 0.489 e. The number of pyridine rings is 1. The van der Waals surface area contributed by atoms with Crippen molar-refractivity contribution in [2.75, 3.05) is 30.4 Å². The Labute approximate surface area is 247 Å². The lowest BCUT2D eigenvalue weighted by Crippen LogP contribution is -2.32. The van der Waals surface area contributed by atoms with Crippen LogP contribution in [-0.4, -0.2) is 52.3 Å². The van der Waals surface area contributed by atoms with Crippen LogP contribution in [0.1, 0.15) is 29.8 Å². The maximum atomic E-state index is 14.2. The third-order valence-corrected chi connectivity index (χ3v) is 9.37. The van der Waals surface area contributed by atoms with Gasteiger partial charge in [-0.05, 0) is 37.6 Å². The highest BCUT2D eigenvalue weighted by Gasteiger charge is 2.38. The zero-order chi connectivity index (χ0) is 30.4. The van der Waals surface area contributed by atoms with E-state index in [1.807, 2.05) is 11.5 Å². The first-order valence-corrected chi connectivity index (χ1v) is 17.6. The van der Waals surface area contributed by atoms with Gasteiger partial charge in [-0.2, -0.15) is 13.2 Å². The molecule has 14 heteroatoms. The zero-order valence-electron chi connectivity index (χ0n) is 24.1. The van der Waals surface area contributed by atoms with Gasteiger partial charge >= 0.3 is 6.18 Å². The van der Waals surface area contributed by atoms with Gasteiger partial charge < -0.3 is 24.7 Å². The molecule has 42 heavy (non-hydrogen) atoms. The van der Waals surface area contributed by atoms with Crippen LogP contribution in [0.25, 0.3) is 22.2 Å². The number of hydrogen-bond donors (Lipinski definition) is 1. The summed E-state index contributed by atoms with van der Waals surface area (Å²) in [5, 5.41) is 0.485. The van der Waals surface area contributed by atoms with Gasteiger partial charge in [0.15, 0.2) is 5.75 Å². The minimum Gasteiger partial charge on any atom is -0.489 e. The predicted octanol–water partition coefficient (Wildman–Crippen LogP) is 6.72. The molecule has 2 N–H and O–H groups in total. The highest BCUT2D eigenvalue weighted by Crippen LogP contribution is 2.48. The van der Waals surface area contributed by atoms with Gasteiger partial charge in [0.2, 0.25) is 0 Å². The molecular formula is C28H33ClF3N7O2Si. The fraction of sp³-hybridized carbons (Fsp3) is 0.429.